The monoisotopic (exact) mass is 622 g/mol. The highest BCUT2D eigenvalue weighted by Gasteiger charge is 2.36. The predicted molar refractivity (Wildman–Crippen MR) is 166 cm³/mol. The molecule has 11 heteroatoms. The Kier molecular flexibility index (Phi) is 10.9. The molecule has 3 amide bonds. The van der Waals surface area contributed by atoms with Gasteiger partial charge >= 0.3 is 5.97 Å². The molecule has 224 valence electrons. The first-order valence-corrected chi connectivity index (χ1v) is 14.8. The maximum Gasteiger partial charge on any atom is 0.339 e. The first-order valence-electron chi connectivity index (χ1n) is 13.7. The van der Waals surface area contributed by atoms with Crippen molar-refractivity contribution in [2.75, 3.05) is 25.1 Å². The highest BCUT2D eigenvalue weighted by atomic mass is 35.5. The van der Waals surface area contributed by atoms with Crippen molar-refractivity contribution in [1.82, 2.24) is 4.90 Å². The van der Waals surface area contributed by atoms with Crippen molar-refractivity contribution in [3.63, 3.8) is 0 Å². The molecule has 0 aromatic heterocycles. The number of esters is 1. The summed E-state index contributed by atoms with van der Waals surface area (Å²) >= 11 is 6.85. The summed E-state index contributed by atoms with van der Waals surface area (Å²) in [7, 11) is 0. The molecule has 0 unspecified atom stereocenters. The molecule has 0 radical (unpaired) electrons. The second-order valence-electron chi connectivity index (χ2n) is 9.56. The molecular weight excluding hydrogens is 592 g/mol. The van der Waals surface area contributed by atoms with Gasteiger partial charge in [-0.05, 0) is 79.6 Å². The summed E-state index contributed by atoms with van der Waals surface area (Å²) in [6.45, 7) is 6.24. The van der Waals surface area contributed by atoms with E-state index in [1.807, 2.05) is 45.0 Å². The molecule has 1 N–H and O–H groups in total. The van der Waals surface area contributed by atoms with E-state index < -0.39 is 29.6 Å². The summed E-state index contributed by atoms with van der Waals surface area (Å²) in [4.78, 5) is 51.7. The second kappa shape index (κ2) is 14.8. The summed E-state index contributed by atoms with van der Waals surface area (Å²) in [5, 5.41) is 2.20. The van der Waals surface area contributed by atoms with Gasteiger partial charge in [-0.25, -0.2) is 4.79 Å². The molecule has 1 aliphatic heterocycles. The molecule has 0 saturated carbocycles. The lowest BCUT2D eigenvalue weighted by atomic mass is 10.1. The van der Waals surface area contributed by atoms with Crippen LogP contribution < -0.4 is 14.8 Å². The van der Waals surface area contributed by atoms with Gasteiger partial charge < -0.3 is 19.5 Å². The van der Waals surface area contributed by atoms with E-state index in [9.17, 15) is 19.2 Å². The number of carbonyl (C=O) groups excluding carboxylic acids is 4. The van der Waals surface area contributed by atoms with Crippen molar-refractivity contribution in [2.24, 2.45) is 0 Å². The Hall–Kier alpha value is -4.28. The van der Waals surface area contributed by atoms with Crippen molar-refractivity contribution in [2.45, 2.75) is 33.8 Å². The van der Waals surface area contributed by atoms with Gasteiger partial charge in [0.25, 0.3) is 11.1 Å². The normalized spacial score (nSPS) is 13.8. The average molecular weight is 623 g/mol. The molecule has 1 heterocycles. The lowest BCUT2D eigenvalue weighted by molar-refractivity contribution is -0.127. The molecule has 3 aromatic carbocycles. The van der Waals surface area contributed by atoms with Gasteiger partial charge in [-0.15, -0.1) is 0 Å². The van der Waals surface area contributed by atoms with Crippen LogP contribution in [0.4, 0.5) is 10.5 Å². The number of thioether (sulfide) groups is 1. The highest BCUT2D eigenvalue weighted by molar-refractivity contribution is 8.18. The quantitative estimate of drug-likeness (QED) is 0.172. The smallest absolute Gasteiger partial charge is 0.339 e. The number of hydrogen-bond donors (Lipinski definition) is 1. The minimum atomic E-state index is -0.618. The van der Waals surface area contributed by atoms with Crippen LogP contribution in [0.25, 0.3) is 6.08 Å². The van der Waals surface area contributed by atoms with Crippen LogP contribution in [0.1, 0.15) is 47.3 Å². The van der Waals surface area contributed by atoms with Crippen molar-refractivity contribution in [3.05, 3.63) is 92.8 Å². The van der Waals surface area contributed by atoms with Crippen molar-refractivity contribution in [1.29, 1.82) is 0 Å². The number of imide groups is 1. The van der Waals surface area contributed by atoms with Crippen LogP contribution in [0.5, 0.6) is 11.5 Å². The summed E-state index contributed by atoms with van der Waals surface area (Å²) in [5.74, 6) is -0.773. The van der Waals surface area contributed by atoms with Crippen LogP contribution in [0.3, 0.4) is 0 Å². The van der Waals surface area contributed by atoms with E-state index in [2.05, 4.69) is 5.32 Å². The minimum Gasteiger partial charge on any atom is -0.490 e. The number of ether oxygens (including phenoxy) is 3. The third kappa shape index (κ3) is 8.39. The van der Waals surface area contributed by atoms with Crippen LogP contribution in [0.2, 0.25) is 5.02 Å². The Morgan fingerprint density at radius 1 is 1.00 bits per heavy atom. The first-order chi connectivity index (χ1) is 20.7. The Morgan fingerprint density at radius 3 is 2.56 bits per heavy atom. The minimum absolute atomic E-state index is 0.0972. The van der Waals surface area contributed by atoms with Crippen LogP contribution in [-0.4, -0.2) is 47.7 Å². The second-order valence-corrected chi connectivity index (χ2v) is 11.0. The van der Waals surface area contributed by atoms with Gasteiger partial charge in [0, 0.05) is 5.69 Å². The maximum atomic E-state index is 13.1. The van der Waals surface area contributed by atoms with Crippen LogP contribution in [-0.2, 0) is 20.9 Å². The number of aryl methyl sites for hydroxylation is 1. The number of rotatable bonds is 12. The lowest BCUT2D eigenvalue weighted by Gasteiger charge is -2.14. The fraction of sp³-hybridized carbons (Fsp3) is 0.250. The van der Waals surface area contributed by atoms with E-state index in [1.54, 1.807) is 24.3 Å². The molecule has 43 heavy (non-hydrogen) atoms. The zero-order chi connectivity index (χ0) is 30.9. The lowest BCUT2D eigenvalue weighted by Crippen LogP contribution is -2.36. The summed E-state index contributed by atoms with van der Waals surface area (Å²) in [5.41, 5.74) is 3.16. The molecule has 1 fully saturated rings. The number of anilines is 1. The number of nitrogens with one attached hydrogen (secondary N) is 1. The molecule has 0 aliphatic carbocycles. The molecular formula is C32H31ClN2O7S. The molecule has 0 atom stereocenters. The van der Waals surface area contributed by atoms with Crippen molar-refractivity contribution >= 4 is 58.1 Å². The summed E-state index contributed by atoms with van der Waals surface area (Å²) < 4.78 is 16.9. The van der Waals surface area contributed by atoms with Gasteiger partial charge in [0.1, 0.15) is 13.2 Å². The van der Waals surface area contributed by atoms with Crippen molar-refractivity contribution < 1.29 is 33.4 Å². The van der Waals surface area contributed by atoms with Crippen LogP contribution in [0, 0.1) is 6.92 Å². The van der Waals surface area contributed by atoms with Gasteiger partial charge in [0.15, 0.2) is 11.5 Å². The number of halogens is 1. The van der Waals surface area contributed by atoms with E-state index in [1.165, 1.54) is 18.2 Å². The van der Waals surface area contributed by atoms with E-state index in [0.29, 0.717) is 36.7 Å². The Bertz CT molecular complexity index is 1570. The number of hydrogen-bond acceptors (Lipinski definition) is 8. The molecule has 0 spiro atoms. The summed E-state index contributed by atoms with van der Waals surface area (Å²) in [6, 6.07) is 17.6. The molecule has 4 rings (SSSR count). The third-order valence-corrected chi connectivity index (χ3v) is 7.36. The fourth-order valence-corrected chi connectivity index (χ4v) is 5.16. The largest absolute Gasteiger partial charge is 0.490 e. The average Bonchev–Trinajstić information content (AvgIpc) is 3.23. The van der Waals surface area contributed by atoms with Gasteiger partial charge in [-0.2, -0.15) is 0 Å². The number of carbonyl (C=O) groups is 4. The third-order valence-electron chi connectivity index (χ3n) is 6.12. The van der Waals surface area contributed by atoms with Crippen LogP contribution in [0.15, 0.2) is 65.6 Å². The molecule has 1 aliphatic rings. The fourth-order valence-electron chi connectivity index (χ4n) is 4.13. The standard InChI is InChI=1S/C32H31ClN2O7S/c1-4-13-41-31(38)24-17-23(10-11-25(24)33)34-29(36)18-35-30(37)28(43-32(35)39)16-21-9-12-26(27(15-21)40-5-2)42-19-22-8-6-7-20(3)14-22/h6-12,14-17H,4-5,13,18-19H2,1-3H3,(H,34,36)/b28-16-. The highest BCUT2D eigenvalue weighted by Crippen LogP contribution is 2.35. The molecule has 9 nitrogen and oxygen atoms in total. The van der Waals surface area contributed by atoms with Gasteiger partial charge in [-0.3, -0.25) is 19.3 Å². The number of benzene rings is 3. The van der Waals surface area contributed by atoms with Gasteiger partial charge in [0.2, 0.25) is 5.91 Å². The Labute approximate surface area is 259 Å². The van der Waals surface area contributed by atoms with E-state index in [4.69, 9.17) is 25.8 Å². The SMILES string of the molecule is CCCOC(=O)c1cc(NC(=O)CN2C(=O)S/C(=C\c3ccc(OCc4cccc(C)c4)c(OCC)c3)C2=O)ccc1Cl. The topological polar surface area (TPSA) is 111 Å². The summed E-state index contributed by atoms with van der Waals surface area (Å²) in [6.07, 6.45) is 2.22. The Morgan fingerprint density at radius 2 is 1.81 bits per heavy atom. The maximum absolute atomic E-state index is 13.1. The Balaban J connectivity index is 1.42. The van der Waals surface area contributed by atoms with Gasteiger partial charge in [-0.1, -0.05) is 54.4 Å². The van der Waals surface area contributed by atoms with E-state index >= 15 is 0 Å². The van der Waals surface area contributed by atoms with E-state index in [0.717, 1.165) is 27.8 Å². The predicted octanol–water partition coefficient (Wildman–Crippen LogP) is 6.87. The molecule has 3 aromatic rings. The first kappa shape index (κ1) is 31.7. The number of amides is 3. The van der Waals surface area contributed by atoms with Gasteiger partial charge in [0.05, 0.1) is 28.7 Å². The number of nitrogens with zero attached hydrogens (tertiary/aromatic N) is 1. The zero-order valence-electron chi connectivity index (χ0n) is 24.0. The molecule has 0 bridgehead atoms. The van der Waals surface area contributed by atoms with E-state index in [-0.39, 0.29) is 27.8 Å². The van der Waals surface area contributed by atoms with Crippen LogP contribution >= 0.6 is 23.4 Å². The van der Waals surface area contributed by atoms with Crippen molar-refractivity contribution in [3.8, 4) is 11.5 Å². The molecule has 1 saturated heterocycles. The zero-order valence-corrected chi connectivity index (χ0v) is 25.5.